The van der Waals surface area contributed by atoms with E-state index in [-0.39, 0.29) is 0 Å². The molecule has 27 heavy (non-hydrogen) atoms. The van der Waals surface area contributed by atoms with Crippen molar-refractivity contribution in [1.82, 2.24) is 5.01 Å². The van der Waals surface area contributed by atoms with Gasteiger partial charge in [0.25, 0.3) is 0 Å². The van der Waals surface area contributed by atoms with Gasteiger partial charge in [-0.1, -0.05) is 12.1 Å². The van der Waals surface area contributed by atoms with E-state index in [0.717, 1.165) is 54.6 Å². The summed E-state index contributed by atoms with van der Waals surface area (Å²) in [6.07, 6.45) is 0. The lowest BCUT2D eigenvalue weighted by molar-refractivity contribution is 0.269. The number of hydrogen-bond acceptors (Lipinski definition) is 6. The molecule has 2 aromatic carbocycles. The Labute approximate surface area is 160 Å². The van der Waals surface area contributed by atoms with Crippen LogP contribution in [0.25, 0.3) is 0 Å². The number of anilines is 1. The van der Waals surface area contributed by atoms with Crippen LogP contribution in [0.15, 0.2) is 47.6 Å². The third-order valence-electron chi connectivity index (χ3n) is 4.77. The molecular weight excluding hydrogens is 342 g/mol. The third kappa shape index (κ3) is 4.27. The molecule has 6 nitrogen and oxygen atoms in total. The largest absolute Gasteiger partial charge is 0.495 e. The molecule has 1 aliphatic heterocycles. The SMILES string of the molecule is COc1ccc(/C(C)=N\N2CCN(c3ccccc3OC)CC2)cc1OC. The summed E-state index contributed by atoms with van der Waals surface area (Å²) >= 11 is 0. The van der Waals surface area contributed by atoms with E-state index in [2.05, 4.69) is 16.0 Å². The van der Waals surface area contributed by atoms with Crippen molar-refractivity contribution in [3.05, 3.63) is 48.0 Å². The van der Waals surface area contributed by atoms with Crippen molar-refractivity contribution in [2.24, 2.45) is 5.10 Å². The van der Waals surface area contributed by atoms with Crippen molar-refractivity contribution in [2.45, 2.75) is 6.92 Å². The van der Waals surface area contributed by atoms with Crippen LogP contribution in [0.4, 0.5) is 5.69 Å². The number of hydrogen-bond donors (Lipinski definition) is 0. The van der Waals surface area contributed by atoms with Crippen molar-refractivity contribution in [2.75, 3.05) is 52.4 Å². The summed E-state index contributed by atoms with van der Waals surface area (Å²) in [4.78, 5) is 2.34. The van der Waals surface area contributed by atoms with Gasteiger partial charge >= 0.3 is 0 Å². The number of benzene rings is 2. The van der Waals surface area contributed by atoms with E-state index < -0.39 is 0 Å². The Balaban J connectivity index is 1.67. The van der Waals surface area contributed by atoms with E-state index in [1.165, 1.54) is 0 Å². The van der Waals surface area contributed by atoms with Crippen molar-refractivity contribution in [1.29, 1.82) is 0 Å². The molecule has 0 amide bonds. The first-order valence-corrected chi connectivity index (χ1v) is 9.06. The van der Waals surface area contributed by atoms with Gasteiger partial charge in [0.15, 0.2) is 11.5 Å². The van der Waals surface area contributed by atoms with Gasteiger partial charge in [-0.3, -0.25) is 5.01 Å². The van der Waals surface area contributed by atoms with Gasteiger partial charge in [-0.15, -0.1) is 0 Å². The fourth-order valence-electron chi connectivity index (χ4n) is 3.26. The monoisotopic (exact) mass is 369 g/mol. The molecule has 0 bridgehead atoms. The number of methoxy groups -OCH3 is 3. The van der Waals surface area contributed by atoms with Crippen LogP contribution in [0.5, 0.6) is 17.2 Å². The summed E-state index contributed by atoms with van der Waals surface area (Å²) in [5, 5.41) is 6.93. The van der Waals surface area contributed by atoms with E-state index in [4.69, 9.17) is 19.3 Å². The molecule has 1 heterocycles. The van der Waals surface area contributed by atoms with Gasteiger partial charge in [-0.2, -0.15) is 5.10 Å². The smallest absolute Gasteiger partial charge is 0.161 e. The van der Waals surface area contributed by atoms with Crippen molar-refractivity contribution in [3.63, 3.8) is 0 Å². The van der Waals surface area contributed by atoms with E-state index in [0.29, 0.717) is 5.75 Å². The fourth-order valence-corrected chi connectivity index (χ4v) is 3.26. The Morgan fingerprint density at radius 2 is 1.48 bits per heavy atom. The lowest BCUT2D eigenvalue weighted by Crippen LogP contribution is -2.44. The van der Waals surface area contributed by atoms with Crippen LogP contribution in [-0.4, -0.2) is 58.2 Å². The highest BCUT2D eigenvalue weighted by Crippen LogP contribution is 2.29. The van der Waals surface area contributed by atoms with Crippen molar-refractivity contribution < 1.29 is 14.2 Å². The number of hydrazone groups is 1. The number of ether oxygens (including phenoxy) is 3. The summed E-state index contributed by atoms with van der Waals surface area (Å²) in [6.45, 7) is 5.56. The van der Waals surface area contributed by atoms with Gasteiger partial charge in [-0.25, -0.2) is 0 Å². The molecule has 0 unspecified atom stereocenters. The van der Waals surface area contributed by atoms with Gasteiger partial charge in [0.05, 0.1) is 45.8 Å². The highest BCUT2D eigenvalue weighted by atomic mass is 16.5. The zero-order chi connectivity index (χ0) is 19.2. The first-order chi connectivity index (χ1) is 13.2. The molecule has 0 N–H and O–H groups in total. The third-order valence-corrected chi connectivity index (χ3v) is 4.77. The molecule has 0 saturated carbocycles. The number of piperazine rings is 1. The van der Waals surface area contributed by atoms with Crippen molar-refractivity contribution >= 4 is 11.4 Å². The molecule has 0 aromatic heterocycles. The fraction of sp³-hybridized carbons (Fsp3) is 0.381. The molecular formula is C21H27N3O3. The standard InChI is InChI=1S/C21H27N3O3/c1-16(17-9-10-20(26-3)21(15-17)27-4)22-24-13-11-23(12-14-24)18-7-5-6-8-19(18)25-2/h5-10,15H,11-14H2,1-4H3/b22-16-. The molecule has 0 radical (unpaired) electrons. The van der Waals surface area contributed by atoms with Gasteiger partial charge < -0.3 is 19.1 Å². The Morgan fingerprint density at radius 1 is 0.815 bits per heavy atom. The van der Waals surface area contributed by atoms with Gasteiger partial charge in [0.2, 0.25) is 0 Å². The summed E-state index contributed by atoms with van der Waals surface area (Å²) in [5.74, 6) is 2.35. The second-order valence-electron chi connectivity index (χ2n) is 6.37. The molecule has 1 fully saturated rings. The minimum Gasteiger partial charge on any atom is -0.495 e. The number of rotatable bonds is 6. The van der Waals surface area contributed by atoms with Crippen LogP contribution >= 0.6 is 0 Å². The van der Waals surface area contributed by atoms with Gasteiger partial charge in [-0.05, 0) is 37.3 Å². The quantitative estimate of drug-likeness (QED) is 0.732. The normalized spacial score (nSPS) is 14.9. The first-order valence-electron chi connectivity index (χ1n) is 9.06. The molecule has 1 aliphatic rings. The average Bonchev–Trinajstić information content (AvgIpc) is 2.73. The zero-order valence-electron chi connectivity index (χ0n) is 16.4. The Kier molecular flexibility index (Phi) is 6.06. The van der Waals surface area contributed by atoms with Crippen LogP contribution in [-0.2, 0) is 0 Å². The predicted octanol–water partition coefficient (Wildman–Crippen LogP) is 3.26. The van der Waals surface area contributed by atoms with E-state index in [1.807, 2.05) is 43.3 Å². The maximum atomic E-state index is 5.48. The zero-order valence-corrected chi connectivity index (χ0v) is 16.4. The Hall–Kier alpha value is -2.89. The minimum atomic E-state index is 0.713. The maximum absolute atomic E-state index is 5.48. The molecule has 3 rings (SSSR count). The van der Waals surface area contributed by atoms with Crippen LogP contribution < -0.4 is 19.1 Å². The summed E-state index contributed by atoms with van der Waals surface area (Å²) < 4.78 is 16.2. The maximum Gasteiger partial charge on any atom is 0.161 e. The molecule has 1 saturated heterocycles. The molecule has 6 heteroatoms. The number of para-hydroxylation sites is 2. The van der Waals surface area contributed by atoms with Crippen LogP contribution in [0.1, 0.15) is 12.5 Å². The summed E-state index contributed by atoms with van der Waals surface area (Å²) in [7, 11) is 5.00. The number of nitrogens with zero attached hydrogens (tertiary/aromatic N) is 3. The highest BCUT2D eigenvalue weighted by molar-refractivity contribution is 5.99. The van der Waals surface area contributed by atoms with E-state index in [9.17, 15) is 0 Å². The Bertz CT molecular complexity index is 799. The van der Waals surface area contributed by atoms with E-state index in [1.54, 1.807) is 21.3 Å². The Morgan fingerprint density at radius 3 is 2.15 bits per heavy atom. The highest BCUT2D eigenvalue weighted by Gasteiger charge is 2.19. The molecule has 0 aliphatic carbocycles. The van der Waals surface area contributed by atoms with Gasteiger partial charge in [0, 0.05) is 18.7 Å². The average molecular weight is 369 g/mol. The molecule has 2 aromatic rings. The lowest BCUT2D eigenvalue weighted by atomic mass is 10.1. The molecule has 0 atom stereocenters. The van der Waals surface area contributed by atoms with Crippen LogP contribution in [0.3, 0.4) is 0 Å². The van der Waals surface area contributed by atoms with E-state index >= 15 is 0 Å². The molecule has 144 valence electrons. The minimum absolute atomic E-state index is 0.713. The second kappa shape index (κ2) is 8.66. The van der Waals surface area contributed by atoms with Crippen LogP contribution in [0, 0.1) is 0 Å². The van der Waals surface area contributed by atoms with Crippen molar-refractivity contribution in [3.8, 4) is 17.2 Å². The van der Waals surface area contributed by atoms with Gasteiger partial charge in [0.1, 0.15) is 5.75 Å². The molecule has 0 spiro atoms. The predicted molar refractivity (Wildman–Crippen MR) is 109 cm³/mol. The summed E-state index contributed by atoms with van der Waals surface area (Å²) in [5.41, 5.74) is 3.13. The lowest BCUT2D eigenvalue weighted by Gasteiger charge is -2.35. The van der Waals surface area contributed by atoms with Crippen LogP contribution in [0.2, 0.25) is 0 Å². The topological polar surface area (TPSA) is 46.5 Å². The second-order valence-corrected chi connectivity index (χ2v) is 6.37. The first kappa shape index (κ1) is 18.9. The summed E-state index contributed by atoms with van der Waals surface area (Å²) in [6, 6.07) is 14.0.